The number of amides is 1. The fourth-order valence-corrected chi connectivity index (χ4v) is 2.08. The first-order valence-corrected chi connectivity index (χ1v) is 6.93. The molecule has 108 valence electrons. The Kier molecular flexibility index (Phi) is 5.55. The molecule has 0 aliphatic heterocycles. The van der Waals surface area contributed by atoms with Crippen LogP contribution >= 0.6 is 11.6 Å². The van der Waals surface area contributed by atoms with E-state index in [2.05, 4.69) is 6.07 Å². The van der Waals surface area contributed by atoms with Crippen molar-refractivity contribution in [2.45, 2.75) is 32.4 Å². The van der Waals surface area contributed by atoms with Gasteiger partial charge < -0.3 is 10.2 Å². The van der Waals surface area contributed by atoms with Gasteiger partial charge in [-0.05, 0) is 26.8 Å². The van der Waals surface area contributed by atoms with Gasteiger partial charge in [0.15, 0.2) is 6.54 Å². The zero-order valence-electron chi connectivity index (χ0n) is 12.4. The average Bonchev–Trinajstić information content (AvgIpc) is 2.44. The highest BCUT2D eigenvalue weighted by Crippen LogP contribution is 2.19. The quantitative estimate of drug-likeness (QED) is 0.899. The van der Waals surface area contributed by atoms with Gasteiger partial charge in [-0.1, -0.05) is 29.8 Å². The van der Waals surface area contributed by atoms with Crippen molar-refractivity contribution in [2.24, 2.45) is 0 Å². The van der Waals surface area contributed by atoms with E-state index in [1.807, 2.05) is 36.5 Å². The summed E-state index contributed by atoms with van der Waals surface area (Å²) < 4.78 is 0. The standard InChI is InChI=1S/C15H20ClN3O/c1-11(12-7-5-6-8-13(12)16)18-9-14(20)19(4)15(2,3)10-17/h5-8,11,18H,9H2,1-4H3/p+1/t11-/m1/s1. The number of nitrogens with zero attached hydrogens (tertiary/aromatic N) is 2. The normalized spacial score (nSPS) is 12.6. The number of rotatable bonds is 5. The number of halogens is 1. The van der Waals surface area contributed by atoms with Gasteiger partial charge in [0.1, 0.15) is 11.6 Å². The summed E-state index contributed by atoms with van der Waals surface area (Å²) >= 11 is 6.13. The summed E-state index contributed by atoms with van der Waals surface area (Å²) in [5.41, 5.74) is 0.211. The van der Waals surface area contributed by atoms with E-state index < -0.39 is 5.54 Å². The monoisotopic (exact) mass is 294 g/mol. The van der Waals surface area contributed by atoms with Gasteiger partial charge >= 0.3 is 0 Å². The summed E-state index contributed by atoms with van der Waals surface area (Å²) in [6.45, 7) is 5.74. The van der Waals surface area contributed by atoms with E-state index in [1.54, 1.807) is 20.9 Å². The second-order valence-corrected chi connectivity index (χ2v) is 5.78. The lowest BCUT2D eigenvalue weighted by molar-refractivity contribution is -0.683. The summed E-state index contributed by atoms with van der Waals surface area (Å²) in [7, 11) is 1.65. The van der Waals surface area contributed by atoms with Crippen LogP contribution in [-0.4, -0.2) is 29.9 Å². The molecule has 1 atom stereocenters. The number of likely N-dealkylation sites (N-methyl/N-ethyl adjacent to an activating group) is 1. The van der Waals surface area contributed by atoms with Crippen LogP contribution < -0.4 is 5.32 Å². The lowest BCUT2D eigenvalue weighted by Gasteiger charge is -2.28. The molecule has 0 spiro atoms. The molecule has 0 aromatic heterocycles. The van der Waals surface area contributed by atoms with Crippen LogP contribution in [0.15, 0.2) is 24.3 Å². The van der Waals surface area contributed by atoms with Crippen LogP contribution in [0.3, 0.4) is 0 Å². The molecule has 0 heterocycles. The van der Waals surface area contributed by atoms with Gasteiger partial charge in [0, 0.05) is 17.6 Å². The maximum atomic E-state index is 12.1. The molecular formula is C15H21ClN3O+. The summed E-state index contributed by atoms with van der Waals surface area (Å²) in [5, 5.41) is 11.7. The largest absolute Gasteiger partial charge is 0.332 e. The van der Waals surface area contributed by atoms with Crippen molar-refractivity contribution in [3.63, 3.8) is 0 Å². The van der Waals surface area contributed by atoms with Crippen molar-refractivity contribution in [3.05, 3.63) is 34.9 Å². The van der Waals surface area contributed by atoms with E-state index >= 15 is 0 Å². The van der Waals surface area contributed by atoms with Crippen LogP contribution in [-0.2, 0) is 4.79 Å². The fourth-order valence-electron chi connectivity index (χ4n) is 1.77. The molecule has 2 N–H and O–H groups in total. The summed E-state index contributed by atoms with van der Waals surface area (Å²) in [5.74, 6) is -0.0737. The molecule has 0 saturated carbocycles. The first-order chi connectivity index (χ1) is 9.29. The van der Waals surface area contributed by atoms with E-state index in [-0.39, 0.29) is 18.5 Å². The first-order valence-electron chi connectivity index (χ1n) is 6.55. The molecule has 1 amide bonds. The number of quaternary nitrogens is 1. The van der Waals surface area contributed by atoms with Crippen LogP contribution in [0, 0.1) is 11.3 Å². The number of nitriles is 1. The highest BCUT2D eigenvalue weighted by Gasteiger charge is 2.28. The molecule has 0 fully saturated rings. The molecule has 0 aliphatic rings. The highest BCUT2D eigenvalue weighted by atomic mass is 35.5. The molecule has 0 radical (unpaired) electrons. The van der Waals surface area contributed by atoms with E-state index in [4.69, 9.17) is 16.9 Å². The van der Waals surface area contributed by atoms with Crippen LogP contribution in [0.5, 0.6) is 0 Å². The Hall–Kier alpha value is -1.57. The molecule has 1 aromatic carbocycles. The number of nitrogens with two attached hydrogens (primary N) is 1. The van der Waals surface area contributed by atoms with Crippen LogP contribution in [0.25, 0.3) is 0 Å². The molecule has 1 aromatic rings. The topological polar surface area (TPSA) is 60.7 Å². The molecule has 0 aliphatic carbocycles. The lowest BCUT2D eigenvalue weighted by atomic mass is 10.1. The van der Waals surface area contributed by atoms with Gasteiger partial charge in [-0.25, -0.2) is 0 Å². The maximum Gasteiger partial charge on any atom is 0.278 e. The van der Waals surface area contributed by atoms with Crippen molar-refractivity contribution in [2.75, 3.05) is 13.6 Å². The van der Waals surface area contributed by atoms with Gasteiger partial charge in [-0.15, -0.1) is 0 Å². The van der Waals surface area contributed by atoms with E-state index in [0.717, 1.165) is 5.56 Å². The Bertz CT molecular complexity index is 522. The minimum atomic E-state index is -0.793. The highest BCUT2D eigenvalue weighted by molar-refractivity contribution is 6.31. The Balaban J connectivity index is 2.62. The number of hydrogen-bond donors (Lipinski definition) is 1. The Morgan fingerprint density at radius 1 is 1.50 bits per heavy atom. The van der Waals surface area contributed by atoms with Crippen molar-refractivity contribution in [1.82, 2.24) is 4.90 Å². The number of carbonyl (C=O) groups excluding carboxylic acids is 1. The lowest BCUT2D eigenvalue weighted by Crippen LogP contribution is -2.87. The molecule has 4 nitrogen and oxygen atoms in total. The number of benzene rings is 1. The van der Waals surface area contributed by atoms with Gasteiger partial charge in [0.2, 0.25) is 0 Å². The Morgan fingerprint density at radius 3 is 2.65 bits per heavy atom. The van der Waals surface area contributed by atoms with E-state index in [1.165, 1.54) is 4.90 Å². The smallest absolute Gasteiger partial charge is 0.278 e. The predicted molar refractivity (Wildman–Crippen MR) is 79.1 cm³/mol. The second-order valence-electron chi connectivity index (χ2n) is 5.37. The minimum absolute atomic E-state index is 0.0737. The third-order valence-electron chi connectivity index (χ3n) is 3.53. The molecule has 0 unspecified atom stereocenters. The van der Waals surface area contributed by atoms with Gasteiger partial charge in [0.05, 0.1) is 6.07 Å². The van der Waals surface area contributed by atoms with Crippen molar-refractivity contribution >= 4 is 17.5 Å². The van der Waals surface area contributed by atoms with Gasteiger partial charge in [-0.3, -0.25) is 4.79 Å². The maximum absolute atomic E-state index is 12.1. The zero-order valence-corrected chi connectivity index (χ0v) is 13.1. The third-order valence-corrected chi connectivity index (χ3v) is 3.87. The summed E-state index contributed by atoms with van der Waals surface area (Å²) in [4.78, 5) is 13.6. The van der Waals surface area contributed by atoms with Crippen molar-refractivity contribution in [3.8, 4) is 6.07 Å². The SMILES string of the molecule is C[C@@H]([NH2+]CC(=O)N(C)C(C)(C)C#N)c1ccccc1Cl. The average molecular weight is 295 g/mol. The van der Waals surface area contributed by atoms with Gasteiger partial charge in [-0.2, -0.15) is 5.26 Å². The summed E-state index contributed by atoms with van der Waals surface area (Å²) in [6.07, 6.45) is 0. The van der Waals surface area contributed by atoms with Crippen LogP contribution in [0.4, 0.5) is 0 Å². The van der Waals surface area contributed by atoms with Gasteiger partial charge in [0.25, 0.3) is 5.91 Å². The first kappa shape index (κ1) is 16.5. The van der Waals surface area contributed by atoms with Crippen molar-refractivity contribution in [1.29, 1.82) is 5.26 Å². The fraction of sp³-hybridized carbons (Fsp3) is 0.467. The Labute approximate surface area is 125 Å². The molecular weight excluding hydrogens is 274 g/mol. The zero-order chi connectivity index (χ0) is 15.3. The minimum Gasteiger partial charge on any atom is -0.332 e. The molecule has 1 rings (SSSR count). The van der Waals surface area contributed by atoms with Crippen LogP contribution in [0.2, 0.25) is 5.02 Å². The summed E-state index contributed by atoms with van der Waals surface area (Å²) in [6, 6.07) is 9.82. The van der Waals surface area contributed by atoms with E-state index in [0.29, 0.717) is 5.02 Å². The van der Waals surface area contributed by atoms with Crippen LogP contribution in [0.1, 0.15) is 32.4 Å². The molecule has 0 saturated heterocycles. The second kappa shape index (κ2) is 6.74. The number of hydrogen-bond acceptors (Lipinski definition) is 2. The molecule has 20 heavy (non-hydrogen) atoms. The predicted octanol–water partition coefficient (Wildman–Crippen LogP) is 1.72. The molecule has 5 heteroatoms. The Morgan fingerprint density at radius 2 is 2.10 bits per heavy atom. The van der Waals surface area contributed by atoms with Crippen molar-refractivity contribution < 1.29 is 10.1 Å². The molecule has 0 bridgehead atoms. The number of carbonyl (C=O) groups is 1. The third kappa shape index (κ3) is 3.96. The van der Waals surface area contributed by atoms with E-state index in [9.17, 15) is 4.79 Å².